The standard InChI is InChI=1S/C23H24N7O3S/c1-5-25-30(16-7-9-18-15(3)28-29-19(18)13-16)22-11-12-24-23(27-22)26-20-14-17(34(31,32)6-2)8-10-21(20)33-4/h7-14H,6H2,1-4H3,(H,28,29)(H,24,26,27)/q+1. The summed E-state index contributed by atoms with van der Waals surface area (Å²) >= 11 is 0. The number of nitrogens with one attached hydrogen (secondary N) is 2. The fourth-order valence-corrected chi connectivity index (χ4v) is 4.31. The SMILES string of the molecule is CC#[N+]N(c1ccc2c(C)[nH]nc2c1)c1ccnc(Nc2cc(S(=O)(=O)CC)ccc2OC)n1. The van der Waals surface area contributed by atoms with Crippen molar-refractivity contribution in [3.05, 3.63) is 59.3 Å². The molecular weight excluding hydrogens is 454 g/mol. The second-order valence-electron chi connectivity index (χ2n) is 7.31. The number of sulfone groups is 1. The first-order chi connectivity index (χ1) is 16.4. The maximum absolute atomic E-state index is 12.3. The van der Waals surface area contributed by atoms with Crippen LogP contribution in [0.5, 0.6) is 5.75 Å². The Kier molecular flexibility index (Phi) is 6.34. The Balaban J connectivity index is 1.71. The molecule has 2 N–H and O–H groups in total. The number of H-pyrrole nitrogens is 1. The number of aromatic nitrogens is 4. The number of hydrogen-bond acceptors (Lipinski definition) is 8. The van der Waals surface area contributed by atoms with Crippen LogP contribution in [0.2, 0.25) is 0 Å². The van der Waals surface area contributed by atoms with Crippen LogP contribution in [0.1, 0.15) is 19.5 Å². The molecule has 2 aromatic carbocycles. The molecule has 4 aromatic rings. The van der Waals surface area contributed by atoms with Gasteiger partial charge < -0.3 is 10.1 Å². The zero-order chi connectivity index (χ0) is 24.3. The first-order valence-electron chi connectivity index (χ1n) is 10.5. The van der Waals surface area contributed by atoms with Crippen LogP contribution in [0.3, 0.4) is 0 Å². The number of aromatic amines is 1. The molecule has 0 atom stereocenters. The fourth-order valence-electron chi connectivity index (χ4n) is 3.40. The van der Waals surface area contributed by atoms with Gasteiger partial charge in [-0.1, -0.05) is 6.92 Å². The maximum Gasteiger partial charge on any atom is 0.316 e. The molecule has 0 radical (unpaired) electrons. The van der Waals surface area contributed by atoms with E-state index >= 15 is 0 Å². The minimum atomic E-state index is -3.40. The summed E-state index contributed by atoms with van der Waals surface area (Å²) in [7, 11) is -1.89. The first kappa shape index (κ1) is 23.0. The van der Waals surface area contributed by atoms with Crippen LogP contribution < -0.4 is 15.1 Å². The van der Waals surface area contributed by atoms with Gasteiger partial charge in [-0.3, -0.25) is 5.10 Å². The number of fused-ring (bicyclic) bond motifs is 1. The van der Waals surface area contributed by atoms with E-state index in [-0.39, 0.29) is 16.6 Å². The van der Waals surface area contributed by atoms with Crippen LogP contribution in [0, 0.1) is 13.0 Å². The molecule has 2 heterocycles. The van der Waals surface area contributed by atoms with Gasteiger partial charge in [0.2, 0.25) is 11.8 Å². The number of anilines is 4. The van der Waals surface area contributed by atoms with E-state index in [2.05, 4.69) is 36.5 Å². The zero-order valence-corrected chi connectivity index (χ0v) is 20.0. The van der Waals surface area contributed by atoms with Gasteiger partial charge in [-0.2, -0.15) is 10.1 Å². The van der Waals surface area contributed by atoms with Gasteiger partial charge in [-0.15, -0.1) is 0 Å². The van der Waals surface area contributed by atoms with Crippen molar-refractivity contribution in [2.75, 3.05) is 23.2 Å². The number of aryl methyl sites for hydroxylation is 1. The molecule has 0 unspecified atom stereocenters. The molecule has 34 heavy (non-hydrogen) atoms. The van der Waals surface area contributed by atoms with Crippen LogP contribution in [-0.2, 0) is 9.84 Å². The molecule has 10 nitrogen and oxygen atoms in total. The zero-order valence-electron chi connectivity index (χ0n) is 19.2. The van der Waals surface area contributed by atoms with E-state index in [1.54, 1.807) is 37.2 Å². The van der Waals surface area contributed by atoms with Gasteiger partial charge in [-0.25, -0.2) is 13.4 Å². The number of hydrogen-bond donors (Lipinski definition) is 2. The molecule has 0 saturated heterocycles. The Labute approximate surface area is 197 Å². The Morgan fingerprint density at radius 1 is 1.21 bits per heavy atom. The maximum atomic E-state index is 12.3. The highest BCUT2D eigenvalue weighted by Crippen LogP contribution is 2.32. The quantitative estimate of drug-likeness (QED) is 0.370. The van der Waals surface area contributed by atoms with Gasteiger partial charge in [0, 0.05) is 28.4 Å². The molecule has 0 bridgehead atoms. The summed E-state index contributed by atoms with van der Waals surface area (Å²) in [5.41, 5.74) is 2.96. The Bertz CT molecular complexity index is 1520. The number of rotatable bonds is 7. The van der Waals surface area contributed by atoms with E-state index in [4.69, 9.17) is 4.74 Å². The van der Waals surface area contributed by atoms with Gasteiger partial charge >= 0.3 is 6.07 Å². The lowest BCUT2D eigenvalue weighted by atomic mass is 10.2. The summed E-state index contributed by atoms with van der Waals surface area (Å²) in [6, 6.07) is 14.9. The largest absolute Gasteiger partial charge is 0.495 e. The minimum Gasteiger partial charge on any atom is -0.495 e. The molecule has 174 valence electrons. The van der Waals surface area contributed by atoms with E-state index in [1.165, 1.54) is 19.2 Å². The highest BCUT2D eigenvalue weighted by atomic mass is 32.2. The smallest absolute Gasteiger partial charge is 0.316 e. The van der Waals surface area contributed by atoms with Crippen LogP contribution in [-0.4, -0.2) is 41.4 Å². The third-order valence-electron chi connectivity index (χ3n) is 5.19. The van der Waals surface area contributed by atoms with Gasteiger partial charge in [0.25, 0.3) is 0 Å². The van der Waals surface area contributed by atoms with E-state index in [0.29, 0.717) is 17.3 Å². The molecule has 4 rings (SSSR count). The van der Waals surface area contributed by atoms with Gasteiger partial charge in [0.15, 0.2) is 9.84 Å². The number of ether oxygens (including phenoxy) is 1. The molecule has 0 amide bonds. The summed E-state index contributed by atoms with van der Waals surface area (Å²) in [6.07, 6.45) is 1.58. The number of benzene rings is 2. The average Bonchev–Trinajstić information content (AvgIpc) is 3.22. The topological polar surface area (TPSA) is 117 Å². The predicted molar refractivity (Wildman–Crippen MR) is 132 cm³/mol. The lowest BCUT2D eigenvalue weighted by Crippen LogP contribution is -2.10. The van der Waals surface area contributed by atoms with Crippen molar-refractivity contribution in [1.29, 1.82) is 0 Å². The summed E-state index contributed by atoms with van der Waals surface area (Å²) in [6.45, 7) is 5.25. The second kappa shape index (κ2) is 9.36. The van der Waals surface area contributed by atoms with Crippen LogP contribution in [0.4, 0.5) is 23.1 Å². The van der Waals surface area contributed by atoms with Crippen molar-refractivity contribution >= 4 is 43.9 Å². The van der Waals surface area contributed by atoms with Crippen molar-refractivity contribution in [2.24, 2.45) is 0 Å². The van der Waals surface area contributed by atoms with Crippen LogP contribution >= 0.6 is 0 Å². The normalized spacial score (nSPS) is 11.1. The summed E-state index contributed by atoms with van der Waals surface area (Å²) in [5, 5.41) is 13.0. The third-order valence-corrected chi connectivity index (χ3v) is 6.92. The highest BCUT2D eigenvalue weighted by molar-refractivity contribution is 7.91. The van der Waals surface area contributed by atoms with Gasteiger partial charge in [0.1, 0.15) is 11.4 Å². The molecule has 0 spiro atoms. The minimum absolute atomic E-state index is 0.00883. The van der Waals surface area contributed by atoms with E-state index in [0.717, 1.165) is 22.3 Å². The van der Waals surface area contributed by atoms with E-state index < -0.39 is 9.84 Å². The molecule has 2 aromatic heterocycles. The van der Waals surface area contributed by atoms with Crippen molar-refractivity contribution < 1.29 is 13.2 Å². The van der Waals surface area contributed by atoms with Crippen molar-refractivity contribution in [3.63, 3.8) is 0 Å². The van der Waals surface area contributed by atoms with Gasteiger partial charge in [-0.05, 0) is 43.3 Å². The van der Waals surface area contributed by atoms with Crippen molar-refractivity contribution in [1.82, 2.24) is 20.2 Å². The third kappa shape index (κ3) is 4.49. The molecule has 0 saturated carbocycles. The van der Waals surface area contributed by atoms with Gasteiger partial charge in [0.05, 0.1) is 40.8 Å². The predicted octanol–water partition coefficient (Wildman–Crippen LogP) is 4.61. The summed E-state index contributed by atoms with van der Waals surface area (Å²) in [5.74, 6) is 1.18. The Morgan fingerprint density at radius 2 is 2.03 bits per heavy atom. The van der Waals surface area contributed by atoms with Crippen molar-refractivity contribution in [2.45, 2.75) is 25.7 Å². The van der Waals surface area contributed by atoms with Crippen molar-refractivity contribution in [3.8, 4) is 11.8 Å². The fraction of sp³-hybridized carbons (Fsp3) is 0.217. The summed E-state index contributed by atoms with van der Waals surface area (Å²) in [4.78, 5) is 13.4. The molecular formula is C23H24N7O3S+. The van der Waals surface area contributed by atoms with Crippen LogP contribution in [0.15, 0.2) is 53.6 Å². The van der Waals surface area contributed by atoms with E-state index in [9.17, 15) is 8.42 Å². The molecule has 11 heteroatoms. The number of methoxy groups -OCH3 is 1. The molecule has 0 fully saturated rings. The van der Waals surface area contributed by atoms with E-state index in [1.807, 2.05) is 25.1 Å². The lowest BCUT2D eigenvalue weighted by Gasteiger charge is -2.13. The highest BCUT2D eigenvalue weighted by Gasteiger charge is 2.22. The number of nitrogens with zero attached hydrogens (tertiary/aromatic N) is 5. The lowest BCUT2D eigenvalue weighted by molar-refractivity contribution is 0.416. The average molecular weight is 479 g/mol. The monoisotopic (exact) mass is 478 g/mol. The molecule has 0 aliphatic carbocycles. The van der Waals surface area contributed by atoms with Crippen LogP contribution in [0.25, 0.3) is 15.9 Å². The molecule has 0 aliphatic heterocycles. The summed E-state index contributed by atoms with van der Waals surface area (Å²) < 4.78 is 30.1. The Morgan fingerprint density at radius 3 is 2.76 bits per heavy atom. The second-order valence-corrected chi connectivity index (χ2v) is 9.59. The molecule has 0 aliphatic rings. The Hall–Kier alpha value is -4.17. The first-order valence-corrected chi connectivity index (χ1v) is 12.1.